The van der Waals surface area contributed by atoms with Gasteiger partial charge in [0.15, 0.2) is 0 Å². The Morgan fingerprint density at radius 3 is 2.24 bits per heavy atom. The van der Waals surface area contributed by atoms with Crippen LogP contribution in [0.3, 0.4) is 0 Å². The minimum Gasteiger partial charge on any atom is -0.481 e. The van der Waals surface area contributed by atoms with E-state index in [0.717, 1.165) is 64.7 Å². The van der Waals surface area contributed by atoms with Crippen molar-refractivity contribution in [1.82, 2.24) is 10.6 Å². The number of carboxylic acids is 1. The summed E-state index contributed by atoms with van der Waals surface area (Å²) < 4.78 is 0. The molecular weight excluding hydrogens is 428 g/mol. The monoisotopic (exact) mass is 478 g/mol. The number of aliphatic hydroxyl groups is 2. The molecule has 3 unspecified atom stereocenters. The molecule has 5 aliphatic rings. The lowest BCUT2D eigenvalue weighted by Gasteiger charge is -2.62. The van der Waals surface area contributed by atoms with Crippen LogP contribution in [-0.4, -0.2) is 59.7 Å². The van der Waals surface area contributed by atoms with Crippen LogP contribution in [0.15, 0.2) is 0 Å². The molecule has 5 N–H and O–H groups in total. The summed E-state index contributed by atoms with van der Waals surface area (Å²) in [5.74, 6) is 2.55. The zero-order chi connectivity index (χ0) is 24.5. The van der Waals surface area contributed by atoms with Crippen LogP contribution in [0.1, 0.15) is 85.0 Å². The number of piperazine rings is 1. The Balaban J connectivity index is 0.000000398. The molecule has 1 saturated heterocycles. The van der Waals surface area contributed by atoms with E-state index >= 15 is 0 Å². The number of nitrogens with one attached hydrogen (secondary N) is 2. The van der Waals surface area contributed by atoms with Gasteiger partial charge in [0.25, 0.3) is 0 Å². The molecule has 0 bridgehead atoms. The SMILES string of the molecule is C1CNCCN1.C[C@H](CCC(=O)O)[C@H]1CC[C@H]2[C@@H]3CCC4CC(O)CC[C@]4(C)[C@H]3CC(O)[C@]12C. The van der Waals surface area contributed by atoms with E-state index < -0.39 is 5.97 Å². The van der Waals surface area contributed by atoms with Crippen molar-refractivity contribution < 1.29 is 20.1 Å². The van der Waals surface area contributed by atoms with Crippen molar-refractivity contribution in [1.29, 1.82) is 0 Å². The summed E-state index contributed by atoms with van der Waals surface area (Å²) in [7, 11) is 0. The number of carbonyl (C=O) groups is 1. The topological polar surface area (TPSA) is 102 Å². The predicted octanol–water partition coefficient (Wildman–Crippen LogP) is 3.66. The van der Waals surface area contributed by atoms with Gasteiger partial charge in [-0.2, -0.15) is 0 Å². The van der Waals surface area contributed by atoms with Gasteiger partial charge in [0, 0.05) is 32.6 Å². The first-order chi connectivity index (χ1) is 16.2. The summed E-state index contributed by atoms with van der Waals surface area (Å²) >= 11 is 0. The summed E-state index contributed by atoms with van der Waals surface area (Å²) in [4.78, 5) is 11.1. The fourth-order valence-electron chi connectivity index (χ4n) is 9.32. The Labute approximate surface area is 206 Å². The van der Waals surface area contributed by atoms with Crippen molar-refractivity contribution in [2.45, 2.75) is 97.2 Å². The summed E-state index contributed by atoms with van der Waals surface area (Å²) in [6.07, 6.45) is 9.26. The standard InChI is InChI=1S/C24H40O4.C4H10N2/c1-14(4-9-22(27)28)18-7-8-19-17-6-5-15-12-16(25)10-11-23(15,2)20(17)13-21(26)24(18,19)3;1-2-6-4-3-5-1/h14-21,25-26H,4-13H2,1-3H3,(H,27,28);5-6H,1-4H2/t14-,15?,16?,17+,18-,19+,20+,21?,23+,24-;/m1./s1. The van der Waals surface area contributed by atoms with Gasteiger partial charge in [0.05, 0.1) is 12.2 Å². The highest BCUT2D eigenvalue weighted by Crippen LogP contribution is 2.68. The predicted molar refractivity (Wildman–Crippen MR) is 134 cm³/mol. The molecule has 6 heteroatoms. The molecule has 4 saturated carbocycles. The third kappa shape index (κ3) is 4.94. The first-order valence-electron chi connectivity index (χ1n) is 14.2. The highest BCUT2D eigenvalue weighted by Gasteiger charge is 2.63. The van der Waals surface area contributed by atoms with Crippen LogP contribution < -0.4 is 10.6 Å². The average molecular weight is 479 g/mol. The summed E-state index contributed by atoms with van der Waals surface area (Å²) in [6, 6.07) is 0. The molecule has 0 aromatic rings. The molecule has 6 nitrogen and oxygen atoms in total. The molecule has 1 heterocycles. The summed E-state index contributed by atoms with van der Waals surface area (Å²) in [6.45, 7) is 11.5. The lowest BCUT2D eigenvalue weighted by molar-refractivity contribution is -0.175. The second-order valence-corrected chi connectivity index (χ2v) is 12.8. The number of carboxylic acid groups (broad SMARTS) is 1. The molecule has 1 aliphatic heterocycles. The number of rotatable bonds is 4. The molecule has 0 aromatic carbocycles. The first-order valence-corrected chi connectivity index (χ1v) is 14.2. The van der Waals surface area contributed by atoms with Crippen LogP contribution in [0, 0.1) is 46.3 Å². The van der Waals surface area contributed by atoms with Gasteiger partial charge >= 0.3 is 5.97 Å². The lowest BCUT2D eigenvalue weighted by Crippen LogP contribution is -2.58. The van der Waals surface area contributed by atoms with E-state index in [4.69, 9.17) is 5.11 Å². The van der Waals surface area contributed by atoms with Crippen molar-refractivity contribution in [3.8, 4) is 0 Å². The number of aliphatic carboxylic acids is 1. The van der Waals surface area contributed by atoms with Gasteiger partial charge in [-0.25, -0.2) is 0 Å². The Kier molecular flexibility index (Phi) is 8.33. The van der Waals surface area contributed by atoms with Gasteiger partial charge in [-0.1, -0.05) is 20.8 Å². The van der Waals surface area contributed by atoms with Crippen LogP contribution in [0.5, 0.6) is 0 Å². The van der Waals surface area contributed by atoms with Gasteiger partial charge < -0.3 is 26.0 Å². The molecule has 5 fully saturated rings. The fourth-order valence-corrected chi connectivity index (χ4v) is 9.32. The first kappa shape index (κ1) is 26.4. The van der Waals surface area contributed by atoms with E-state index in [2.05, 4.69) is 31.4 Å². The maximum Gasteiger partial charge on any atom is 0.303 e. The highest BCUT2D eigenvalue weighted by molar-refractivity contribution is 5.66. The molecule has 196 valence electrons. The molecule has 0 spiro atoms. The second-order valence-electron chi connectivity index (χ2n) is 12.8. The number of hydrogen-bond donors (Lipinski definition) is 5. The largest absolute Gasteiger partial charge is 0.481 e. The van der Waals surface area contributed by atoms with Crippen LogP contribution in [0.2, 0.25) is 0 Å². The maximum absolute atomic E-state index is 11.5. The minimum atomic E-state index is -0.707. The minimum absolute atomic E-state index is 0.0591. The van der Waals surface area contributed by atoms with Crippen molar-refractivity contribution in [3.63, 3.8) is 0 Å². The van der Waals surface area contributed by atoms with E-state index in [9.17, 15) is 15.0 Å². The number of fused-ring (bicyclic) bond motifs is 5. The zero-order valence-corrected chi connectivity index (χ0v) is 21.8. The smallest absolute Gasteiger partial charge is 0.303 e. The Hall–Kier alpha value is -0.690. The zero-order valence-electron chi connectivity index (χ0n) is 21.8. The quantitative estimate of drug-likeness (QED) is 0.423. The lowest BCUT2D eigenvalue weighted by atomic mass is 9.43. The Bertz CT molecular complexity index is 688. The highest BCUT2D eigenvalue weighted by atomic mass is 16.4. The van der Waals surface area contributed by atoms with Crippen molar-refractivity contribution >= 4 is 5.97 Å². The second kappa shape index (κ2) is 10.7. The Morgan fingerprint density at radius 2 is 1.62 bits per heavy atom. The van der Waals surface area contributed by atoms with Gasteiger partial charge in [-0.3, -0.25) is 4.79 Å². The molecule has 0 amide bonds. The van der Waals surface area contributed by atoms with E-state index in [1.165, 1.54) is 19.3 Å². The Morgan fingerprint density at radius 1 is 0.941 bits per heavy atom. The van der Waals surface area contributed by atoms with Crippen molar-refractivity contribution in [2.24, 2.45) is 46.3 Å². The third-order valence-corrected chi connectivity index (χ3v) is 11.3. The molecule has 0 aromatic heterocycles. The molecule has 0 radical (unpaired) electrons. The van der Waals surface area contributed by atoms with E-state index in [-0.39, 0.29) is 29.5 Å². The number of hydrogen-bond acceptors (Lipinski definition) is 5. The molecule has 34 heavy (non-hydrogen) atoms. The van der Waals surface area contributed by atoms with E-state index in [1.807, 2.05) is 0 Å². The van der Waals surface area contributed by atoms with Crippen LogP contribution in [-0.2, 0) is 4.79 Å². The molecule has 10 atom stereocenters. The van der Waals surface area contributed by atoms with E-state index in [0.29, 0.717) is 35.5 Å². The average Bonchev–Trinajstić information content (AvgIpc) is 3.19. The molecule has 5 rings (SSSR count). The van der Waals surface area contributed by atoms with Gasteiger partial charge in [0.2, 0.25) is 0 Å². The molecular formula is C28H50N2O4. The van der Waals surface area contributed by atoms with Crippen LogP contribution in [0.25, 0.3) is 0 Å². The van der Waals surface area contributed by atoms with Gasteiger partial charge in [-0.05, 0) is 104 Å². The summed E-state index contributed by atoms with van der Waals surface area (Å²) in [5.41, 5.74) is 0.216. The van der Waals surface area contributed by atoms with Crippen molar-refractivity contribution in [3.05, 3.63) is 0 Å². The van der Waals surface area contributed by atoms with Crippen LogP contribution >= 0.6 is 0 Å². The van der Waals surface area contributed by atoms with E-state index in [1.54, 1.807) is 0 Å². The summed E-state index contributed by atoms with van der Waals surface area (Å²) in [5, 5.41) is 37.2. The van der Waals surface area contributed by atoms with Gasteiger partial charge in [0.1, 0.15) is 0 Å². The fraction of sp³-hybridized carbons (Fsp3) is 0.964. The third-order valence-electron chi connectivity index (χ3n) is 11.3. The number of aliphatic hydroxyl groups excluding tert-OH is 2. The molecule has 4 aliphatic carbocycles. The normalized spacial score (nSPS) is 46.8. The van der Waals surface area contributed by atoms with Crippen molar-refractivity contribution in [2.75, 3.05) is 26.2 Å². The van der Waals surface area contributed by atoms with Gasteiger partial charge in [-0.15, -0.1) is 0 Å². The van der Waals surface area contributed by atoms with Crippen LogP contribution in [0.4, 0.5) is 0 Å². The maximum atomic E-state index is 11.5.